The predicted octanol–water partition coefficient (Wildman–Crippen LogP) is 5.25. The second-order valence-electron chi connectivity index (χ2n) is 10.9. The molecule has 1 aromatic heterocycles. The highest BCUT2D eigenvalue weighted by Crippen LogP contribution is 2.58. The van der Waals surface area contributed by atoms with Crippen molar-refractivity contribution in [2.24, 2.45) is 17.8 Å². The molecule has 11 heteroatoms. The van der Waals surface area contributed by atoms with Crippen molar-refractivity contribution in [1.82, 2.24) is 4.98 Å². The summed E-state index contributed by atoms with van der Waals surface area (Å²) < 4.78 is 54.6. The summed E-state index contributed by atoms with van der Waals surface area (Å²) in [5.41, 5.74) is -0.343. The smallest absolute Gasteiger partial charge is 0.255 e. The fourth-order valence-electron chi connectivity index (χ4n) is 6.41. The molecule has 3 aromatic rings. The van der Waals surface area contributed by atoms with Crippen LogP contribution in [-0.4, -0.2) is 40.4 Å². The van der Waals surface area contributed by atoms with Crippen LogP contribution in [0.25, 0.3) is 0 Å². The molecule has 2 fully saturated rings. The lowest BCUT2D eigenvalue weighted by Gasteiger charge is -2.45. The summed E-state index contributed by atoms with van der Waals surface area (Å²) >= 11 is 6.32. The molecule has 2 aliphatic rings. The Morgan fingerprint density at radius 1 is 1.10 bits per heavy atom. The zero-order chi connectivity index (χ0) is 29.0. The highest BCUT2D eigenvalue weighted by molar-refractivity contribution is 7.92. The maximum absolute atomic E-state index is 13.9. The minimum absolute atomic E-state index is 0.00189. The molecule has 2 bridgehead atoms. The van der Waals surface area contributed by atoms with Crippen LogP contribution >= 0.6 is 11.6 Å². The van der Waals surface area contributed by atoms with Crippen molar-refractivity contribution in [3.63, 3.8) is 0 Å². The van der Waals surface area contributed by atoms with E-state index in [9.17, 15) is 32.2 Å². The van der Waals surface area contributed by atoms with Gasteiger partial charge in [0, 0.05) is 23.5 Å². The molecule has 5 rings (SSSR count). The van der Waals surface area contributed by atoms with E-state index in [0.717, 1.165) is 17.7 Å². The second kappa shape index (κ2) is 10.5. The molecule has 1 amide bonds. The number of sulfone groups is 1. The van der Waals surface area contributed by atoms with Gasteiger partial charge in [0.2, 0.25) is 0 Å². The summed E-state index contributed by atoms with van der Waals surface area (Å²) in [5, 5.41) is 24.6. The molecular formula is C29H29ClF2N2O5S. The number of anilines is 1. The molecule has 212 valence electrons. The van der Waals surface area contributed by atoms with E-state index in [0.29, 0.717) is 12.1 Å². The Morgan fingerprint density at radius 2 is 1.85 bits per heavy atom. The van der Waals surface area contributed by atoms with Crippen molar-refractivity contribution in [3.8, 4) is 0 Å². The summed E-state index contributed by atoms with van der Waals surface area (Å²) in [6, 6.07) is 10.2. The molecule has 40 heavy (non-hydrogen) atoms. The quantitative estimate of drug-likeness (QED) is 0.361. The van der Waals surface area contributed by atoms with Crippen LogP contribution in [0.15, 0.2) is 59.6 Å². The van der Waals surface area contributed by atoms with Gasteiger partial charge < -0.3 is 15.5 Å². The number of halogens is 3. The van der Waals surface area contributed by atoms with Gasteiger partial charge in [0.05, 0.1) is 20.9 Å². The first-order chi connectivity index (χ1) is 18.8. The number of benzene rings is 2. The lowest BCUT2D eigenvalue weighted by molar-refractivity contribution is -0.149. The van der Waals surface area contributed by atoms with Gasteiger partial charge in [-0.2, -0.15) is 0 Å². The number of rotatable bonds is 6. The summed E-state index contributed by atoms with van der Waals surface area (Å²) in [6.07, 6.45) is 1.03. The van der Waals surface area contributed by atoms with Crippen LogP contribution in [-0.2, 0) is 9.84 Å². The zero-order valence-electron chi connectivity index (χ0n) is 21.8. The summed E-state index contributed by atoms with van der Waals surface area (Å²) in [6.45, 7) is 3.80. The van der Waals surface area contributed by atoms with E-state index in [4.69, 9.17) is 11.6 Å². The standard InChI is InChI=1S/C29H29ClF2N2O5S/c1-15-7-8-33-25(9-15)27(35)29(37)18-10-16(2)21(29)14-20(12-18)40(38,39)26-11-17(3-5-22(26)30)28(36)34-19-4-6-23(31)24(32)13-19/h3-9,11,13,16,18,20-21,27,35,37H,10,12,14H2,1-2H3,(H,34,36)/t16-,18?,20?,21?,27+,29+/m0/s1. The van der Waals surface area contributed by atoms with Gasteiger partial charge in [-0.25, -0.2) is 17.2 Å². The Balaban J connectivity index is 1.41. The number of hydrogen-bond acceptors (Lipinski definition) is 6. The minimum atomic E-state index is -4.06. The number of aliphatic hydroxyl groups is 2. The number of carbonyl (C=O) groups excluding carboxylic acids is 1. The number of pyridine rings is 1. The number of carbonyl (C=O) groups is 1. The Kier molecular flexibility index (Phi) is 7.50. The maximum atomic E-state index is 13.9. The molecule has 0 spiro atoms. The van der Waals surface area contributed by atoms with Crippen LogP contribution in [0.3, 0.4) is 0 Å². The van der Waals surface area contributed by atoms with Crippen LogP contribution in [0, 0.1) is 36.3 Å². The van der Waals surface area contributed by atoms with E-state index in [2.05, 4.69) is 10.3 Å². The minimum Gasteiger partial charge on any atom is -0.386 e. The van der Waals surface area contributed by atoms with Crippen LogP contribution in [0.1, 0.15) is 53.9 Å². The zero-order valence-corrected chi connectivity index (χ0v) is 23.4. The average molecular weight is 591 g/mol. The predicted molar refractivity (Wildman–Crippen MR) is 146 cm³/mol. The number of nitrogens with zero attached hydrogens (tertiary/aromatic N) is 1. The second-order valence-corrected chi connectivity index (χ2v) is 13.5. The first kappa shape index (κ1) is 28.6. The molecule has 0 radical (unpaired) electrons. The van der Waals surface area contributed by atoms with Gasteiger partial charge in [-0.15, -0.1) is 0 Å². The number of aromatic nitrogens is 1. The van der Waals surface area contributed by atoms with Crippen molar-refractivity contribution in [2.75, 3.05) is 5.32 Å². The fraction of sp³-hybridized carbons (Fsp3) is 0.379. The van der Waals surface area contributed by atoms with Gasteiger partial charge in [0.25, 0.3) is 5.91 Å². The molecular weight excluding hydrogens is 562 g/mol. The molecule has 0 saturated heterocycles. The van der Waals surface area contributed by atoms with Crippen LogP contribution in [0.2, 0.25) is 5.02 Å². The SMILES string of the molecule is Cc1ccnc([C@@H](O)[C@@]2(O)C3CC(S(=O)(=O)c4cc(C(=O)Nc5ccc(F)c(F)c5)ccc4Cl)CC2[C@@H](C)C3)c1. The number of hydrogen-bond donors (Lipinski definition) is 3. The monoisotopic (exact) mass is 590 g/mol. The van der Waals surface area contributed by atoms with Gasteiger partial charge in [-0.1, -0.05) is 18.5 Å². The van der Waals surface area contributed by atoms with Crippen molar-refractivity contribution >= 4 is 33.0 Å². The van der Waals surface area contributed by atoms with Crippen molar-refractivity contribution in [2.45, 2.75) is 55.0 Å². The van der Waals surface area contributed by atoms with Gasteiger partial charge in [-0.05, 0) is 92.0 Å². The highest BCUT2D eigenvalue weighted by atomic mass is 35.5. The molecule has 2 saturated carbocycles. The van der Waals surface area contributed by atoms with Crippen LogP contribution < -0.4 is 5.32 Å². The number of fused-ring (bicyclic) bond motifs is 2. The maximum Gasteiger partial charge on any atom is 0.255 e. The average Bonchev–Trinajstić information content (AvgIpc) is 3.02. The lowest BCUT2D eigenvalue weighted by Crippen LogP contribution is -2.52. The molecule has 7 nitrogen and oxygen atoms in total. The third-order valence-electron chi connectivity index (χ3n) is 8.43. The van der Waals surface area contributed by atoms with Crippen molar-refractivity contribution < 1.29 is 32.2 Å². The summed E-state index contributed by atoms with van der Waals surface area (Å²) in [7, 11) is -4.06. The Labute approximate surface area is 236 Å². The highest BCUT2D eigenvalue weighted by Gasteiger charge is 2.62. The van der Waals surface area contributed by atoms with Crippen molar-refractivity contribution in [3.05, 3.63) is 88.2 Å². The molecule has 1 heterocycles. The largest absolute Gasteiger partial charge is 0.386 e. The van der Waals surface area contributed by atoms with Crippen LogP contribution in [0.5, 0.6) is 0 Å². The number of amides is 1. The fourth-order valence-corrected chi connectivity index (χ4v) is 8.78. The van der Waals surface area contributed by atoms with Gasteiger partial charge in [0.1, 0.15) is 11.7 Å². The van der Waals surface area contributed by atoms with E-state index in [1.807, 2.05) is 13.8 Å². The van der Waals surface area contributed by atoms with E-state index < -0.39 is 56.2 Å². The third-order valence-corrected chi connectivity index (χ3v) is 11.1. The molecule has 6 atom stereocenters. The molecule has 3 N–H and O–H groups in total. The van der Waals surface area contributed by atoms with E-state index in [-0.39, 0.29) is 39.9 Å². The Hall–Kier alpha value is -2.92. The summed E-state index contributed by atoms with van der Waals surface area (Å²) in [5.74, 6) is -3.98. The van der Waals surface area contributed by atoms with Gasteiger partial charge in [0.15, 0.2) is 21.5 Å². The van der Waals surface area contributed by atoms with E-state index >= 15 is 0 Å². The molecule has 3 unspecified atom stereocenters. The number of aryl methyl sites for hydroxylation is 1. The first-order valence-corrected chi connectivity index (χ1v) is 14.9. The number of aliphatic hydroxyl groups excluding tert-OH is 1. The molecule has 2 aromatic carbocycles. The summed E-state index contributed by atoms with van der Waals surface area (Å²) in [4.78, 5) is 16.8. The van der Waals surface area contributed by atoms with Crippen molar-refractivity contribution in [1.29, 1.82) is 0 Å². The topological polar surface area (TPSA) is 117 Å². The van der Waals surface area contributed by atoms with E-state index in [1.54, 1.807) is 18.3 Å². The third kappa shape index (κ3) is 4.91. The van der Waals surface area contributed by atoms with E-state index in [1.165, 1.54) is 24.3 Å². The normalized spacial score (nSPS) is 26.9. The lowest BCUT2D eigenvalue weighted by atomic mass is 9.69. The Bertz CT molecular complexity index is 1590. The Morgan fingerprint density at radius 3 is 2.52 bits per heavy atom. The molecule has 2 aliphatic carbocycles. The first-order valence-electron chi connectivity index (χ1n) is 12.9. The molecule has 0 aliphatic heterocycles. The number of nitrogens with one attached hydrogen (secondary N) is 1. The van der Waals surface area contributed by atoms with Crippen LogP contribution in [0.4, 0.5) is 14.5 Å². The van der Waals surface area contributed by atoms with Gasteiger partial charge >= 0.3 is 0 Å². The van der Waals surface area contributed by atoms with Gasteiger partial charge in [-0.3, -0.25) is 9.78 Å².